The standard InChI is InChI=1S/C17H23N5O2S/c1-12(16-19-10-13(2)25-16)9-20-17(23)21-14-3-4-18-11-15(14)22-5-7-24-8-6-22/h3-4,10-12H,5-9H2,1-2H3,(H2,18,20,21,23). The maximum absolute atomic E-state index is 12.3. The highest BCUT2D eigenvalue weighted by atomic mass is 32.1. The van der Waals surface area contributed by atoms with Crippen molar-refractivity contribution in [3.63, 3.8) is 0 Å². The van der Waals surface area contributed by atoms with Gasteiger partial charge < -0.3 is 20.3 Å². The van der Waals surface area contributed by atoms with Crippen LogP contribution in [0.5, 0.6) is 0 Å². The van der Waals surface area contributed by atoms with Gasteiger partial charge >= 0.3 is 6.03 Å². The van der Waals surface area contributed by atoms with Gasteiger partial charge in [0.2, 0.25) is 0 Å². The molecule has 0 aromatic carbocycles. The van der Waals surface area contributed by atoms with Crippen LogP contribution in [0.15, 0.2) is 24.7 Å². The molecule has 1 atom stereocenters. The van der Waals surface area contributed by atoms with E-state index in [2.05, 4.69) is 32.4 Å². The summed E-state index contributed by atoms with van der Waals surface area (Å²) in [5.41, 5.74) is 1.68. The number of anilines is 2. The van der Waals surface area contributed by atoms with Crippen LogP contribution >= 0.6 is 11.3 Å². The highest BCUT2D eigenvalue weighted by molar-refractivity contribution is 7.11. The van der Waals surface area contributed by atoms with Crippen LogP contribution in [0.4, 0.5) is 16.2 Å². The van der Waals surface area contributed by atoms with Gasteiger partial charge in [0.25, 0.3) is 0 Å². The minimum Gasteiger partial charge on any atom is -0.378 e. The Morgan fingerprint density at radius 1 is 1.40 bits per heavy atom. The van der Waals surface area contributed by atoms with E-state index in [1.165, 1.54) is 4.88 Å². The van der Waals surface area contributed by atoms with E-state index in [9.17, 15) is 4.79 Å². The molecule has 8 heteroatoms. The molecule has 2 amide bonds. The minimum absolute atomic E-state index is 0.181. The topological polar surface area (TPSA) is 79.4 Å². The maximum atomic E-state index is 12.3. The number of pyridine rings is 1. The molecule has 7 nitrogen and oxygen atoms in total. The number of carbonyl (C=O) groups is 1. The fourth-order valence-corrected chi connectivity index (χ4v) is 3.47. The maximum Gasteiger partial charge on any atom is 0.319 e. The molecule has 1 saturated heterocycles. The van der Waals surface area contributed by atoms with Gasteiger partial charge in [-0.05, 0) is 13.0 Å². The third-order valence-corrected chi connectivity index (χ3v) is 5.17. The Morgan fingerprint density at radius 3 is 2.92 bits per heavy atom. The Labute approximate surface area is 151 Å². The number of ether oxygens (including phenoxy) is 1. The lowest BCUT2D eigenvalue weighted by molar-refractivity contribution is 0.122. The largest absolute Gasteiger partial charge is 0.378 e. The van der Waals surface area contributed by atoms with Crippen molar-refractivity contribution in [3.05, 3.63) is 34.5 Å². The number of amides is 2. The minimum atomic E-state index is -0.221. The van der Waals surface area contributed by atoms with Crippen LogP contribution in [0.25, 0.3) is 0 Å². The van der Waals surface area contributed by atoms with Gasteiger partial charge in [0, 0.05) is 42.8 Å². The summed E-state index contributed by atoms with van der Waals surface area (Å²) in [6, 6.07) is 1.60. The summed E-state index contributed by atoms with van der Waals surface area (Å²) in [6.45, 7) is 7.59. The quantitative estimate of drug-likeness (QED) is 0.856. The molecule has 3 rings (SSSR count). The summed E-state index contributed by atoms with van der Waals surface area (Å²) in [4.78, 5) is 24.2. The molecule has 2 N–H and O–H groups in total. The van der Waals surface area contributed by atoms with Gasteiger partial charge in [-0.2, -0.15) is 0 Å². The highest BCUT2D eigenvalue weighted by Crippen LogP contribution is 2.25. The molecule has 0 saturated carbocycles. The molecule has 1 aliphatic heterocycles. The molecule has 25 heavy (non-hydrogen) atoms. The molecule has 1 aliphatic rings. The number of rotatable bonds is 5. The number of thiazole rings is 1. The average molecular weight is 361 g/mol. The van der Waals surface area contributed by atoms with Gasteiger partial charge in [0.1, 0.15) is 0 Å². The van der Waals surface area contributed by atoms with Crippen molar-refractivity contribution >= 4 is 28.7 Å². The molecule has 0 bridgehead atoms. The summed E-state index contributed by atoms with van der Waals surface area (Å²) in [7, 11) is 0. The van der Waals surface area contributed by atoms with Crippen LogP contribution in [0.3, 0.4) is 0 Å². The molecule has 134 valence electrons. The van der Waals surface area contributed by atoms with Crippen molar-refractivity contribution in [1.29, 1.82) is 0 Å². The number of carbonyl (C=O) groups excluding carboxylic acids is 1. The lowest BCUT2D eigenvalue weighted by Gasteiger charge is -2.30. The van der Waals surface area contributed by atoms with Gasteiger partial charge in [0.15, 0.2) is 0 Å². The first-order valence-corrected chi connectivity index (χ1v) is 9.19. The number of urea groups is 1. The Bertz CT molecular complexity index is 715. The average Bonchev–Trinajstić information content (AvgIpc) is 3.07. The first-order chi connectivity index (χ1) is 12.1. The van der Waals surface area contributed by atoms with Crippen molar-refractivity contribution in [1.82, 2.24) is 15.3 Å². The number of aryl methyl sites for hydroxylation is 1. The van der Waals surface area contributed by atoms with Crippen LogP contribution in [-0.4, -0.2) is 48.8 Å². The number of hydrogen-bond donors (Lipinski definition) is 2. The van der Waals surface area contributed by atoms with E-state index in [0.717, 1.165) is 29.5 Å². The monoisotopic (exact) mass is 361 g/mol. The molecule has 1 fully saturated rings. The summed E-state index contributed by atoms with van der Waals surface area (Å²) < 4.78 is 5.38. The predicted molar refractivity (Wildman–Crippen MR) is 99.6 cm³/mol. The van der Waals surface area contributed by atoms with Crippen molar-refractivity contribution < 1.29 is 9.53 Å². The van der Waals surface area contributed by atoms with Crippen LogP contribution in [0, 0.1) is 6.92 Å². The van der Waals surface area contributed by atoms with Gasteiger partial charge in [-0.3, -0.25) is 4.98 Å². The van der Waals surface area contributed by atoms with Gasteiger partial charge in [-0.25, -0.2) is 9.78 Å². The van der Waals surface area contributed by atoms with Crippen molar-refractivity contribution in [2.75, 3.05) is 43.1 Å². The van der Waals surface area contributed by atoms with E-state index in [-0.39, 0.29) is 11.9 Å². The highest BCUT2D eigenvalue weighted by Gasteiger charge is 2.17. The van der Waals surface area contributed by atoms with Crippen LogP contribution in [-0.2, 0) is 4.74 Å². The van der Waals surface area contributed by atoms with Crippen molar-refractivity contribution in [2.45, 2.75) is 19.8 Å². The van der Waals surface area contributed by atoms with E-state index >= 15 is 0 Å². The lowest BCUT2D eigenvalue weighted by atomic mass is 10.2. The van der Waals surface area contributed by atoms with Crippen molar-refractivity contribution in [3.8, 4) is 0 Å². The first-order valence-electron chi connectivity index (χ1n) is 8.37. The Kier molecular flexibility index (Phi) is 5.83. The van der Waals surface area contributed by atoms with E-state index in [4.69, 9.17) is 4.74 Å². The van der Waals surface area contributed by atoms with E-state index in [1.54, 1.807) is 23.7 Å². The second kappa shape index (κ2) is 8.26. The Balaban J connectivity index is 1.57. The molecular weight excluding hydrogens is 338 g/mol. The number of aromatic nitrogens is 2. The van der Waals surface area contributed by atoms with E-state index < -0.39 is 0 Å². The SMILES string of the molecule is Cc1cnc(C(C)CNC(=O)Nc2ccncc2N2CCOCC2)s1. The molecule has 2 aromatic heterocycles. The predicted octanol–water partition coefficient (Wildman–Crippen LogP) is 2.61. The molecule has 0 spiro atoms. The van der Waals surface area contributed by atoms with E-state index in [0.29, 0.717) is 19.8 Å². The van der Waals surface area contributed by atoms with Crippen LogP contribution < -0.4 is 15.5 Å². The van der Waals surface area contributed by atoms with Crippen molar-refractivity contribution in [2.24, 2.45) is 0 Å². The number of nitrogens with zero attached hydrogens (tertiary/aromatic N) is 3. The first kappa shape index (κ1) is 17.6. The summed E-state index contributed by atoms with van der Waals surface area (Å²) >= 11 is 1.66. The third kappa shape index (κ3) is 4.67. The second-order valence-electron chi connectivity index (χ2n) is 6.04. The van der Waals surface area contributed by atoms with Gasteiger partial charge in [0.05, 0.1) is 35.8 Å². The molecule has 2 aromatic rings. The number of nitrogens with one attached hydrogen (secondary N) is 2. The zero-order chi connectivity index (χ0) is 17.6. The molecule has 0 aliphatic carbocycles. The molecular formula is C17H23N5O2S. The zero-order valence-electron chi connectivity index (χ0n) is 14.5. The smallest absolute Gasteiger partial charge is 0.319 e. The molecule has 3 heterocycles. The third-order valence-electron chi connectivity index (χ3n) is 4.03. The second-order valence-corrected chi connectivity index (χ2v) is 7.30. The van der Waals surface area contributed by atoms with Gasteiger partial charge in [-0.15, -0.1) is 11.3 Å². The van der Waals surface area contributed by atoms with Gasteiger partial charge in [-0.1, -0.05) is 6.92 Å². The van der Waals surface area contributed by atoms with Crippen LogP contribution in [0.1, 0.15) is 22.7 Å². The fraction of sp³-hybridized carbons (Fsp3) is 0.471. The normalized spacial score (nSPS) is 15.7. The molecule has 0 radical (unpaired) electrons. The summed E-state index contributed by atoms with van der Waals surface area (Å²) in [5.74, 6) is 0.181. The zero-order valence-corrected chi connectivity index (χ0v) is 15.3. The Hall–Kier alpha value is -2.19. The fourth-order valence-electron chi connectivity index (χ4n) is 2.65. The lowest BCUT2D eigenvalue weighted by Crippen LogP contribution is -2.37. The van der Waals surface area contributed by atoms with E-state index in [1.807, 2.05) is 19.2 Å². The summed E-state index contributed by atoms with van der Waals surface area (Å²) in [5, 5.41) is 6.89. The number of morpholine rings is 1. The van der Waals surface area contributed by atoms with Crippen LogP contribution in [0.2, 0.25) is 0 Å². The summed E-state index contributed by atoms with van der Waals surface area (Å²) in [6.07, 6.45) is 5.32. The molecule has 1 unspecified atom stereocenters. The Morgan fingerprint density at radius 2 is 2.20 bits per heavy atom. The number of hydrogen-bond acceptors (Lipinski definition) is 6.